The minimum atomic E-state index is -0.743. The second-order valence-corrected chi connectivity index (χ2v) is 5.24. The van der Waals surface area contributed by atoms with Gasteiger partial charge in [0.05, 0.1) is 5.92 Å². The quantitative estimate of drug-likeness (QED) is 0.886. The minimum absolute atomic E-state index is 0.405. The van der Waals surface area contributed by atoms with Gasteiger partial charge in [0.2, 0.25) is 0 Å². The van der Waals surface area contributed by atoms with Crippen LogP contribution in [0.4, 0.5) is 0 Å². The predicted octanol–water partition coefficient (Wildman–Crippen LogP) is 4.05. The molecule has 1 aromatic carbocycles. The number of halogens is 1. The molecule has 3 heteroatoms. The number of rotatable bonds is 5. The number of benzene rings is 1. The van der Waals surface area contributed by atoms with Crippen molar-refractivity contribution in [1.82, 2.24) is 0 Å². The third-order valence-corrected chi connectivity index (χ3v) is 3.33. The molecule has 0 bridgehead atoms. The summed E-state index contributed by atoms with van der Waals surface area (Å²) >= 11 is 3.41. The topological polar surface area (TPSA) is 37.3 Å². The molecule has 0 amide bonds. The lowest BCUT2D eigenvalue weighted by atomic mass is 9.91. The van der Waals surface area contributed by atoms with Crippen LogP contribution < -0.4 is 0 Å². The van der Waals surface area contributed by atoms with Crippen LogP contribution in [0.5, 0.6) is 0 Å². The summed E-state index contributed by atoms with van der Waals surface area (Å²) in [6, 6.07) is 7.55. The van der Waals surface area contributed by atoms with E-state index in [1.54, 1.807) is 0 Å². The smallest absolute Gasteiger partial charge is 0.311 e. The summed E-state index contributed by atoms with van der Waals surface area (Å²) in [5, 5.41) is 9.24. The Balaban J connectivity index is 2.86. The fourth-order valence-electron chi connectivity index (χ4n) is 1.67. The van der Waals surface area contributed by atoms with E-state index in [2.05, 4.69) is 29.8 Å². The Morgan fingerprint density at radius 2 is 1.94 bits per heavy atom. The maximum Gasteiger partial charge on any atom is 0.311 e. The Hall–Kier alpha value is -0.830. The van der Waals surface area contributed by atoms with Crippen LogP contribution >= 0.6 is 15.9 Å². The predicted molar refractivity (Wildman–Crippen MR) is 68.6 cm³/mol. The fraction of sp³-hybridized carbons (Fsp3) is 0.462. The Bertz CT molecular complexity index is 361. The third-order valence-electron chi connectivity index (χ3n) is 2.61. The van der Waals surface area contributed by atoms with Crippen molar-refractivity contribution in [3.05, 3.63) is 34.3 Å². The molecule has 1 rings (SSSR count). The first-order valence-corrected chi connectivity index (χ1v) is 6.29. The zero-order valence-corrected chi connectivity index (χ0v) is 11.2. The highest BCUT2D eigenvalue weighted by molar-refractivity contribution is 9.10. The van der Waals surface area contributed by atoms with E-state index in [-0.39, 0.29) is 0 Å². The van der Waals surface area contributed by atoms with Gasteiger partial charge in [0.1, 0.15) is 0 Å². The van der Waals surface area contributed by atoms with Gasteiger partial charge in [0, 0.05) is 4.47 Å². The lowest BCUT2D eigenvalue weighted by Crippen LogP contribution is -2.13. The number of carboxylic acids is 1. The van der Waals surface area contributed by atoms with Crippen LogP contribution in [0, 0.1) is 5.92 Å². The standard InChI is InChI=1S/C13H17BrO2/c1-9(2)7-8-11(13(15)16)10-5-3-4-6-12(10)14/h3-6,9,11H,7-8H2,1-2H3,(H,15,16). The van der Waals surface area contributed by atoms with Crippen molar-refractivity contribution in [2.45, 2.75) is 32.6 Å². The lowest BCUT2D eigenvalue weighted by molar-refractivity contribution is -0.139. The second-order valence-electron chi connectivity index (χ2n) is 4.38. The van der Waals surface area contributed by atoms with Crippen LogP contribution in [-0.4, -0.2) is 11.1 Å². The fourth-order valence-corrected chi connectivity index (χ4v) is 2.23. The highest BCUT2D eigenvalue weighted by Gasteiger charge is 2.21. The Kier molecular flexibility index (Phi) is 5.00. The van der Waals surface area contributed by atoms with E-state index in [9.17, 15) is 9.90 Å². The average molecular weight is 285 g/mol. The monoisotopic (exact) mass is 284 g/mol. The first-order valence-electron chi connectivity index (χ1n) is 5.49. The SMILES string of the molecule is CC(C)CCC(C(=O)O)c1ccccc1Br. The van der Waals surface area contributed by atoms with Gasteiger partial charge in [0.15, 0.2) is 0 Å². The van der Waals surface area contributed by atoms with E-state index in [4.69, 9.17) is 0 Å². The summed E-state index contributed by atoms with van der Waals surface area (Å²) in [6.45, 7) is 4.22. The second kappa shape index (κ2) is 6.04. The van der Waals surface area contributed by atoms with Crippen LogP contribution in [0.3, 0.4) is 0 Å². The zero-order valence-electron chi connectivity index (χ0n) is 9.61. The van der Waals surface area contributed by atoms with Gasteiger partial charge in [-0.05, 0) is 30.4 Å². The van der Waals surface area contributed by atoms with E-state index in [1.807, 2.05) is 24.3 Å². The molecule has 0 saturated carbocycles. The van der Waals surface area contributed by atoms with E-state index in [0.29, 0.717) is 12.3 Å². The highest BCUT2D eigenvalue weighted by atomic mass is 79.9. The van der Waals surface area contributed by atoms with Gasteiger partial charge in [0.25, 0.3) is 0 Å². The molecule has 0 aliphatic rings. The number of carbonyl (C=O) groups is 1. The maximum atomic E-state index is 11.2. The molecule has 0 saturated heterocycles. The van der Waals surface area contributed by atoms with Gasteiger partial charge in [-0.3, -0.25) is 4.79 Å². The molecule has 0 aromatic heterocycles. The molecule has 1 aromatic rings. The van der Waals surface area contributed by atoms with Crippen LogP contribution in [0.2, 0.25) is 0 Å². The molecule has 88 valence electrons. The summed E-state index contributed by atoms with van der Waals surface area (Å²) in [5.41, 5.74) is 0.871. The van der Waals surface area contributed by atoms with Crippen LogP contribution in [0.15, 0.2) is 28.7 Å². The molecule has 0 aliphatic heterocycles. The number of carboxylic acid groups (broad SMARTS) is 1. The van der Waals surface area contributed by atoms with E-state index in [0.717, 1.165) is 16.5 Å². The van der Waals surface area contributed by atoms with E-state index < -0.39 is 11.9 Å². The number of hydrogen-bond acceptors (Lipinski definition) is 1. The molecule has 0 fully saturated rings. The highest BCUT2D eigenvalue weighted by Crippen LogP contribution is 2.29. The first kappa shape index (κ1) is 13.2. The summed E-state index contributed by atoms with van der Waals surface area (Å²) in [6.07, 6.45) is 1.62. The average Bonchev–Trinajstić information content (AvgIpc) is 2.20. The molecule has 1 unspecified atom stereocenters. The number of hydrogen-bond donors (Lipinski definition) is 1. The van der Waals surface area contributed by atoms with E-state index >= 15 is 0 Å². The Morgan fingerprint density at radius 1 is 1.31 bits per heavy atom. The molecule has 0 radical (unpaired) electrons. The number of aliphatic carboxylic acids is 1. The summed E-state index contributed by atoms with van der Waals surface area (Å²) in [4.78, 5) is 11.2. The molecule has 1 atom stereocenters. The van der Waals surface area contributed by atoms with Gasteiger partial charge in [-0.2, -0.15) is 0 Å². The van der Waals surface area contributed by atoms with Gasteiger partial charge in [-0.1, -0.05) is 48.0 Å². The summed E-state index contributed by atoms with van der Waals surface area (Å²) in [7, 11) is 0. The normalized spacial score (nSPS) is 12.8. The van der Waals surface area contributed by atoms with Crippen LogP contribution in [-0.2, 0) is 4.79 Å². The molecular weight excluding hydrogens is 268 g/mol. The van der Waals surface area contributed by atoms with Crippen LogP contribution in [0.1, 0.15) is 38.2 Å². The van der Waals surface area contributed by atoms with Gasteiger partial charge >= 0.3 is 5.97 Å². The Labute approximate surface area is 105 Å². The van der Waals surface area contributed by atoms with Crippen molar-refractivity contribution >= 4 is 21.9 Å². The lowest BCUT2D eigenvalue weighted by Gasteiger charge is -2.15. The minimum Gasteiger partial charge on any atom is -0.481 e. The van der Waals surface area contributed by atoms with Gasteiger partial charge in [-0.25, -0.2) is 0 Å². The molecular formula is C13H17BrO2. The zero-order chi connectivity index (χ0) is 12.1. The Morgan fingerprint density at radius 3 is 2.44 bits per heavy atom. The van der Waals surface area contributed by atoms with Crippen LogP contribution in [0.25, 0.3) is 0 Å². The molecule has 0 aliphatic carbocycles. The van der Waals surface area contributed by atoms with Crippen molar-refractivity contribution in [2.75, 3.05) is 0 Å². The maximum absolute atomic E-state index is 11.2. The van der Waals surface area contributed by atoms with E-state index in [1.165, 1.54) is 0 Å². The molecule has 0 heterocycles. The van der Waals surface area contributed by atoms with Gasteiger partial charge in [-0.15, -0.1) is 0 Å². The molecule has 16 heavy (non-hydrogen) atoms. The molecule has 0 spiro atoms. The van der Waals surface area contributed by atoms with Crippen molar-refractivity contribution < 1.29 is 9.90 Å². The van der Waals surface area contributed by atoms with Crippen molar-refractivity contribution in [2.24, 2.45) is 5.92 Å². The van der Waals surface area contributed by atoms with Gasteiger partial charge < -0.3 is 5.11 Å². The third kappa shape index (κ3) is 3.63. The molecule has 2 nitrogen and oxygen atoms in total. The van der Waals surface area contributed by atoms with Crippen molar-refractivity contribution in [3.8, 4) is 0 Å². The molecule has 1 N–H and O–H groups in total. The van der Waals surface area contributed by atoms with Crippen molar-refractivity contribution in [3.63, 3.8) is 0 Å². The summed E-state index contributed by atoms with van der Waals surface area (Å²) < 4.78 is 0.881. The largest absolute Gasteiger partial charge is 0.481 e. The van der Waals surface area contributed by atoms with Crippen molar-refractivity contribution in [1.29, 1.82) is 0 Å². The summed E-state index contributed by atoms with van der Waals surface area (Å²) in [5.74, 6) is -0.616. The first-order chi connectivity index (χ1) is 7.52.